The quantitative estimate of drug-likeness (QED) is 0.853. The molecular formula is C17H24N4O2S. The van der Waals surface area contributed by atoms with Crippen molar-refractivity contribution in [2.45, 2.75) is 33.7 Å². The van der Waals surface area contributed by atoms with Crippen LogP contribution in [-0.4, -0.2) is 52.1 Å². The second-order valence-corrected chi connectivity index (χ2v) is 8.12. The predicted octanol–water partition coefficient (Wildman–Crippen LogP) is 3.05. The Bertz CT molecular complexity index is 682. The van der Waals surface area contributed by atoms with Gasteiger partial charge in [-0.05, 0) is 18.4 Å². The fraction of sp³-hybridized carbons (Fsp3) is 0.588. The molecule has 2 aromatic heterocycles. The van der Waals surface area contributed by atoms with Crippen LogP contribution in [0.25, 0.3) is 10.8 Å². The van der Waals surface area contributed by atoms with Crippen LogP contribution >= 0.6 is 11.3 Å². The smallest absolute Gasteiger partial charge is 0.257 e. The van der Waals surface area contributed by atoms with Gasteiger partial charge in [0.15, 0.2) is 0 Å². The van der Waals surface area contributed by atoms with Gasteiger partial charge >= 0.3 is 0 Å². The van der Waals surface area contributed by atoms with Crippen molar-refractivity contribution < 1.29 is 9.21 Å². The Morgan fingerprint density at radius 1 is 1.25 bits per heavy atom. The van der Waals surface area contributed by atoms with Gasteiger partial charge in [-0.1, -0.05) is 26.8 Å². The molecule has 0 saturated carbocycles. The molecule has 3 rings (SSSR count). The minimum atomic E-state index is -0.324. The zero-order chi connectivity index (χ0) is 17.3. The lowest BCUT2D eigenvalue weighted by atomic mass is 9.94. The van der Waals surface area contributed by atoms with E-state index in [9.17, 15) is 4.79 Å². The van der Waals surface area contributed by atoms with Gasteiger partial charge < -0.3 is 9.32 Å². The molecule has 0 spiro atoms. The Hall–Kier alpha value is -1.73. The van der Waals surface area contributed by atoms with E-state index in [2.05, 4.69) is 22.0 Å². The number of nitrogens with zero attached hydrogens (tertiary/aromatic N) is 4. The molecule has 130 valence electrons. The summed E-state index contributed by atoms with van der Waals surface area (Å²) in [5, 5.41) is 10.4. The molecule has 3 heterocycles. The van der Waals surface area contributed by atoms with Crippen molar-refractivity contribution in [2.75, 3.05) is 26.2 Å². The second-order valence-electron chi connectivity index (χ2n) is 7.18. The number of amides is 1. The third kappa shape index (κ3) is 3.52. The van der Waals surface area contributed by atoms with E-state index in [0.717, 1.165) is 31.1 Å². The van der Waals surface area contributed by atoms with E-state index >= 15 is 0 Å². The Kier molecular flexibility index (Phi) is 4.73. The van der Waals surface area contributed by atoms with Gasteiger partial charge in [0.05, 0.1) is 10.9 Å². The van der Waals surface area contributed by atoms with Crippen LogP contribution in [0.5, 0.6) is 0 Å². The molecule has 0 radical (unpaired) electrons. The van der Waals surface area contributed by atoms with Crippen LogP contribution in [0.4, 0.5) is 0 Å². The van der Waals surface area contributed by atoms with Crippen molar-refractivity contribution in [3.8, 4) is 10.8 Å². The molecule has 1 amide bonds. The number of rotatable bonds is 3. The SMILES string of the molecule is CC(c1nnc(-c2cccs2)o1)N1CCN(C(=O)C(C)(C)C)CC1. The van der Waals surface area contributed by atoms with E-state index in [0.29, 0.717) is 11.8 Å². The average molecular weight is 348 g/mol. The summed E-state index contributed by atoms with van der Waals surface area (Å²) in [5.41, 5.74) is -0.324. The summed E-state index contributed by atoms with van der Waals surface area (Å²) in [6.45, 7) is 11.1. The van der Waals surface area contributed by atoms with Crippen molar-refractivity contribution >= 4 is 17.2 Å². The van der Waals surface area contributed by atoms with Gasteiger partial charge in [-0.2, -0.15) is 0 Å². The van der Waals surface area contributed by atoms with E-state index < -0.39 is 0 Å². The monoisotopic (exact) mass is 348 g/mol. The Balaban J connectivity index is 1.61. The largest absolute Gasteiger partial charge is 0.418 e. The van der Waals surface area contributed by atoms with E-state index in [1.54, 1.807) is 11.3 Å². The van der Waals surface area contributed by atoms with Crippen molar-refractivity contribution in [3.63, 3.8) is 0 Å². The molecule has 1 aliphatic heterocycles. The lowest BCUT2D eigenvalue weighted by Crippen LogP contribution is -2.52. The molecule has 1 atom stereocenters. The summed E-state index contributed by atoms with van der Waals surface area (Å²) in [4.78, 5) is 17.6. The normalized spacial score (nSPS) is 17.9. The maximum atomic E-state index is 12.4. The number of thiophene rings is 1. The highest BCUT2D eigenvalue weighted by atomic mass is 32.1. The zero-order valence-corrected chi connectivity index (χ0v) is 15.5. The molecule has 24 heavy (non-hydrogen) atoms. The molecular weight excluding hydrogens is 324 g/mol. The Morgan fingerprint density at radius 2 is 1.96 bits per heavy atom. The fourth-order valence-electron chi connectivity index (χ4n) is 2.85. The number of hydrogen-bond acceptors (Lipinski definition) is 6. The summed E-state index contributed by atoms with van der Waals surface area (Å²) in [6.07, 6.45) is 0. The lowest BCUT2D eigenvalue weighted by molar-refractivity contribution is -0.141. The molecule has 1 saturated heterocycles. The first-order valence-corrected chi connectivity index (χ1v) is 9.15. The van der Waals surface area contributed by atoms with Gasteiger partial charge in [-0.15, -0.1) is 21.5 Å². The van der Waals surface area contributed by atoms with Crippen LogP contribution < -0.4 is 0 Å². The summed E-state index contributed by atoms with van der Waals surface area (Å²) >= 11 is 1.59. The van der Waals surface area contributed by atoms with Crippen LogP contribution in [0.15, 0.2) is 21.9 Å². The van der Waals surface area contributed by atoms with Gasteiger partial charge in [0.2, 0.25) is 11.8 Å². The predicted molar refractivity (Wildman–Crippen MR) is 93.6 cm³/mol. The van der Waals surface area contributed by atoms with Crippen molar-refractivity contribution in [1.82, 2.24) is 20.0 Å². The van der Waals surface area contributed by atoms with Crippen LogP contribution in [-0.2, 0) is 4.79 Å². The van der Waals surface area contributed by atoms with Gasteiger partial charge in [0.25, 0.3) is 5.89 Å². The van der Waals surface area contributed by atoms with Crippen LogP contribution in [0.3, 0.4) is 0 Å². The van der Waals surface area contributed by atoms with E-state index in [1.807, 2.05) is 43.2 Å². The van der Waals surface area contributed by atoms with E-state index in [1.165, 1.54) is 0 Å². The first-order chi connectivity index (χ1) is 11.4. The van der Waals surface area contributed by atoms with Gasteiger partial charge in [0, 0.05) is 31.6 Å². The van der Waals surface area contributed by atoms with Gasteiger partial charge in [-0.25, -0.2) is 0 Å². The number of piperazine rings is 1. The summed E-state index contributed by atoms with van der Waals surface area (Å²) in [5.74, 6) is 1.43. The maximum Gasteiger partial charge on any atom is 0.257 e. The molecule has 7 heteroatoms. The fourth-order valence-corrected chi connectivity index (χ4v) is 3.49. The molecule has 1 fully saturated rings. The number of carbonyl (C=O) groups excluding carboxylic acids is 1. The van der Waals surface area contributed by atoms with Crippen LogP contribution in [0, 0.1) is 5.41 Å². The third-order valence-electron chi connectivity index (χ3n) is 4.32. The topological polar surface area (TPSA) is 62.5 Å². The molecule has 2 aromatic rings. The molecule has 0 aliphatic carbocycles. The molecule has 1 unspecified atom stereocenters. The molecule has 0 N–H and O–H groups in total. The second kappa shape index (κ2) is 6.64. The lowest BCUT2D eigenvalue weighted by Gasteiger charge is -2.39. The van der Waals surface area contributed by atoms with Crippen molar-refractivity contribution in [3.05, 3.63) is 23.4 Å². The third-order valence-corrected chi connectivity index (χ3v) is 5.18. The molecule has 6 nitrogen and oxygen atoms in total. The van der Waals surface area contributed by atoms with Gasteiger partial charge in [0.1, 0.15) is 0 Å². The van der Waals surface area contributed by atoms with Crippen molar-refractivity contribution in [1.29, 1.82) is 0 Å². The summed E-state index contributed by atoms with van der Waals surface area (Å²) < 4.78 is 5.84. The first kappa shape index (κ1) is 17.1. The van der Waals surface area contributed by atoms with Gasteiger partial charge in [-0.3, -0.25) is 9.69 Å². The Morgan fingerprint density at radius 3 is 2.54 bits per heavy atom. The number of carbonyl (C=O) groups is 1. The highest BCUT2D eigenvalue weighted by Crippen LogP contribution is 2.27. The maximum absolute atomic E-state index is 12.4. The summed E-state index contributed by atoms with van der Waals surface area (Å²) in [7, 11) is 0. The molecule has 1 aliphatic rings. The average Bonchev–Trinajstić information content (AvgIpc) is 3.23. The van der Waals surface area contributed by atoms with Crippen molar-refractivity contribution in [2.24, 2.45) is 5.41 Å². The number of aromatic nitrogens is 2. The first-order valence-electron chi connectivity index (χ1n) is 8.27. The van der Waals surface area contributed by atoms with E-state index in [-0.39, 0.29) is 17.4 Å². The highest BCUT2D eigenvalue weighted by Gasteiger charge is 2.32. The van der Waals surface area contributed by atoms with Crippen LogP contribution in [0.2, 0.25) is 0 Å². The Labute approximate surface area is 146 Å². The zero-order valence-electron chi connectivity index (χ0n) is 14.7. The molecule has 0 aromatic carbocycles. The van der Waals surface area contributed by atoms with Crippen LogP contribution in [0.1, 0.15) is 39.6 Å². The minimum absolute atomic E-state index is 0.0538. The molecule has 0 bridgehead atoms. The summed E-state index contributed by atoms with van der Waals surface area (Å²) in [6, 6.07) is 4.00. The standard InChI is InChI=1S/C17H24N4O2S/c1-12(14-18-19-15(23-14)13-6-5-11-24-13)20-7-9-21(10-8-20)16(22)17(2,3)4/h5-6,11-12H,7-10H2,1-4H3. The van der Waals surface area contributed by atoms with E-state index in [4.69, 9.17) is 4.42 Å². The minimum Gasteiger partial charge on any atom is -0.418 e. The highest BCUT2D eigenvalue weighted by molar-refractivity contribution is 7.13. The number of hydrogen-bond donors (Lipinski definition) is 0.